The van der Waals surface area contributed by atoms with Gasteiger partial charge in [0.05, 0.1) is 6.10 Å². The number of aliphatic hydroxyl groups excluding tert-OH is 1. The third-order valence-corrected chi connectivity index (χ3v) is 3.67. The number of β-amino-alcohol motifs (C(OH)–C–C–N with tert-alkyl or cyclic N) is 1. The molecule has 0 spiro atoms. The number of nitrogens with one attached hydrogen (secondary N) is 1. The number of aliphatic hydroxyl groups is 1. The van der Waals surface area contributed by atoms with Gasteiger partial charge in [-0.2, -0.15) is 0 Å². The predicted molar refractivity (Wildman–Crippen MR) is 83.7 cm³/mol. The minimum atomic E-state index is -0.306. The number of carbonyl (C=O) groups is 1. The molecule has 2 N–H and O–H groups in total. The maximum Gasteiger partial charge on any atom is 0.243 e. The molecule has 1 amide bonds. The van der Waals surface area contributed by atoms with Crippen LogP contribution in [0.3, 0.4) is 0 Å². The molecule has 1 aliphatic heterocycles. The Morgan fingerprint density at radius 1 is 1.38 bits per heavy atom. The quantitative estimate of drug-likeness (QED) is 0.811. The molecule has 2 rings (SSSR count). The van der Waals surface area contributed by atoms with Crippen LogP contribution in [-0.4, -0.2) is 41.1 Å². The number of rotatable bonds is 5. The summed E-state index contributed by atoms with van der Waals surface area (Å²) in [5.74, 6) is -0.0592. The summed E-state index contributed by atoms with van der Waals surface area (Å²) in [6.45, 7) is 5.85. The average Bonchev–Trinajstić information content (AvgIpc) is 2.77. The number of hydrogen-bond acceptors (Lipinski definition) is 3. The topological polar surface area (TPSA) is 52.6 Å². The normalized spacial score (nSPS) is 22.0. The van der Waals surface area contributed by atoms with E-state index in [4.69, 9.17) is 0 Å². The van der Waals surface area contributed by atoms with Crippen molar-refractivity contribution in [2.75, 3.05) is 13.1 Å². The number of carbonyl (C=O) groups excluding carboxylic acids is 1. The first kappa shape index (κ1) is 15.7. The highest BCUT2D eigenvalue weighted by Gasteiger charge is 2.30. The molecular formula is C17H24N2O2. The van der Waals surface area contributed by atoms with Gasteiger partial charge in [-0.05, 0) is 25.8 Å². The summed E-state index contributed by atoms with van der Waals surface area (Å²) in [5.41, 5.74) is 2.22. The van der Waals surface area contributed by atoms with E-state index in [0.717, 1.165) is 12.1 Å². The van der Waals surface area contributed by atoms with Crippen molar-refractivity contribution in [1.29, 1.82) is 0 Å². The largest absolute Gasteiger partial charge is 0.392 e. The summed E-state index contributed by atoms with van der Waals surface area (Å²) in [6, 6.07) is 10.4. The van der Waals surface area contributed by atoms with Gasteiger partial charge in [0.1, 0.15) is 0 Å². The van der Waals surface area contributed by atoms with Crippen molar-refractivity contribution in [1.82, 2.24) is 10.2 Å². The lowest BCUT2D eigenvalue weighted by Gasteiger charge is -2.24. The van der Waals surface area contributed by atoms with Crippen LogP contribution in [0.2, 0.25) is 0 Å². The zero-order valence-corrected chi connectivity index (χ0v) is 12.7. The fraction of sp³-hybridized carbons (Fsp3) is 0.471. The van der Waals surface area contributed by atoms with Gasteiger partial charge in [-0.25, -0.2) is 0 Å². The second-order valence-electron chi connectivity index (χ2n) is 5.93. The molecule has 1 fully saturated rings. The van der Waals surface area contributed by atoms with E-state index in [-0.39, 0.29) is 18.1 Å². The van der Waals surface area contributed by atoms with Gasteiger partial charge in [0.25, 0.3) is 0 Å². The number of allylic oxidation sites excluding steroid dienone is 1. The molecule has 0 bridgehead atoms. The van der Waals surface area contributed by atoms with Gasteiger partial charge in [-0.15, -0.1) is 0 Å². The molecular weight excluding hydrogens is 264 g/mol. The van der Waals surface area contributed by atoms with E-state index in [0.29, 0.717) is 19.5 Å². The fourth-order valence-electron chi connectivity index (χ4n) is 2.71. The van der Waals surface area contributed by atoms with Crippen LogP contribution < -0.4 is 5.32 Å². The van der Waals surface area contributed by atoms with Gasteiger partial charge < -0.3 is 10.4 Å². The Hall–Kier alpha value is -1.65. The van der Waals surface area contributed by atoms with Crippen molar-refractivity contribution < 1.29 is 9.90 Å². The third kappa shape index (κ3) is 4.99. The molecule has 4 nitrogen and oxygen atoms in total. The van der Waals surface area contributed by atoms with Crippen LogP contribution in [0.5, 0.6) is 0 Å². The van der Waals surface area contributed by atoms with Crippen molar-refractivity contribution in [2.24, 2.45) is 0 Å². The van der Waals surface area contributed by atoms with Crippen LogP contribution in [0, 0.1) is 0 Å². The fourth-order valence-corrected chi connectivity index (χ4v) is 2.71. The summed E-state index contributed by atoms with van der Waals surface area (Å²) >= 11 is 0. The van der Waals surface area contributed by atoms with Crippen molar-refractivity contribution in [3.05, 3.63) is 47.5 Å². The van der Waals surface area contributed by atoms with Crippen LogP contribution in [0.15, 0.2) is 42.0 Å². The lowest BCUT2D eigenvalue weighted by Crippen LogP contribution is -2.39. The van der Waals surface area contributed by atoms with E-state index in [9.17, 15) is 9.90 Å². The Labute approximate surface area is 126 Å². The Morgan fingerprint density at radius 3 is 2.76 bits per heavy atom. The highest BCUT2D eigenvalue weighted by atomic mass is 16.3. The molecule has 1 aliphatic rings. The number of benzene rings is 1. The van der Waals surface area contributed by atoms with Crippen molar-refractivity contribution >= 4 is 5.91 Å². The van der Waals surface area contributed by atoms with Gasteiger partial charge in [-0.1, -0.05) is 35.9 Å². The van der Waals surface area contributed by atoms with Crippen LogP contribution in [0.4, 0.5) is 0 Å². The SMILES string of the molecule is CC(C)=CC(=O)NCC1CC(O)CN1Cc1ccccc1. The Kier molecular flexibility index (Phi) is 5.53. The van der Waals surface area contributed by atoms with E-state index < -0.39 is 0 Å². The second-order valence-corrected chi connectivity index (χ2v) is 5.93. The molecule has 2 atom stereocenters. The molecule has 0 radical (unpaired) electrons. The molecule has 1 aromatic rings. The minimum absolute atomic E-state index is 0.0592. The summed E-state index contributed by atoms with van der Waals surface area (Å²) in [5, 5.41) is 12.8. The van der Waals surface area contributed by atoms with E-state index in [1.807, 2.05) is 32.0 Å². The number of nitrogens with zero attached hydrogens (tertiary/aromatic N) is 1. The predicted octanol–water partition coefficient (Wildman–Crippen LogP) is 1.70. The molecule has 21 heavy (non-hydrogen) atoms. The standard InChI is InChI=1S/C17H24N2O2/c1-13(2)8-17(21)18-10-15-9-16(20)12-19(15)11-14-6-4-3-5-7-14/h3-8,15-16,20H,9-12H2,1-2H3,(H,18,21). The number of hydrogen-bond donors (Lipinski definition) is 2. The molecule has 0 aromatic heterocycles. The Balaban J connectivity index is 1.91. The van der Waals surface area contributed by atoms with Crippen molar-refractivity contribution in [3.8, 4) is 0 Å². The van der Waals surface area contributed by atoms with E-state index in [1.54, 1.807) is 6.08 Å². The van der Waals surface area contributed by atoms with Gasteiger partial charge in [0, 0.05) is 31.8 Å². The summed E-state index contributed by atoms with van der Waals surface area (Å²) < 4.78 is 0. The first-order chi connectivity index (χ1) is 10.0. The molecule has 0 saturated carbocycles. The minimum Gasteiger partial charge on any atom is -0.392 e. The summed E-state index contributed by atoms with van der Waals surface area (Å²) in [7, 11) is 0. The van der Waals surface area contributed by atoms with Gasteiger partial charge in [0.15, 0.2) is 0 Å². The maximum atomic E-state index is 11.7. The van der Waals surface area contributed by atoms with Gasteiger partial charge in [-0.3, -0.25) is 9.69 Å². The summed E-state index contributed by atoms with van der Waals surface area (Å²) in [4.78, 5) is 13.9. The molecule has 1 aromatic carbocycles. The Bertz CT molecular complexity index is 495. The van der Waals surface area contributed by atoms with Crippen LogP contribution >= 0.6 is 0 Å². The Morgan fingerprint density at radius 2 is 2.10 bits per heavy atom. The molecule has 1 heterocycles. The molecule has 1 saturated heterocycles. The van der Waals surface area contributed by atoms with E-state index in [2.05, 4.69) is 22.3 Å². The molecule has 0 aliphatic carbocycles. The second kappa shape index (κ2) is 7.38. The third-order valence-electron chi connectivity index (χ3n) is 3.67. The monoisotopic (exact) mass is 288 g/mol. The van der Waals surface area contributed by atoms with E-state index >= 15 is 0 Å². The lowest BCUT2D eigenvalue weighted by molar-refractivity contribution is -0.116. The molecule has 4 heteroatoms. The highest BCUT2D eigenvalue weighted by Crippen LogP contribution is 2.20. The van der Waals surface area contributed by atoms with Crippen molar-refractivity contribution in [3.63, 3.8) is 0 Å². The number of amides is 1. The van der Waals surface area contributed by atoms with Crippen LogP contribution in [-0.2, 0) is 11.3 Å². The maximum absolute atomic E-state index is 11.7. The number of likely N-dealkylation sites (tertiary alicyclic amines) is 1. The zero-order valence-electron chi connectivity index (χ0n) is 12.7. The highest BCUT2D eigenvalue weighted by molar-refractivity contribution is 5.88. The first-order valence-electron chi connectivity index (χ1n) is 7.43. The van der Waals surface area contributed by atoms with Crippen LogP contribution in [0.1, 0.15) is 25.8 Å². The van der Waals surface area contributed by atoms with Gasteiger partial charge >= 0.3 is 0 Å². The smallest absolute Gasteiger partial charge is 0.243 e. The van der Waals surface area contributed by atoms with E-state index in [1.165, 1.54) is 5.56 Å². The molecule has 2 unspecified atom stereocenters. The lowest BCUT2D eigenvalue weighted by atomic mass is 10.1. The van der Waals surface area contributed by atoms with Crippen LogP contribution in [0.25, 0.3) is 0 Å². The first-order valence-corrected chi connectivity index (χ1v) is 7.43. The van der Waals surface area contributed by atoms with Crippen molar-refractivity contribution in [2.45, 2.75) is 39.0 Å². The zero-order chi connectivity index (χ0) is 15.2. The van der Waals surface area contributed by atoms with Gasteiger partial charge in [0.2, 0.25) is 5.91 Å². The molecule has 114 valence electrons. The summed E-state index contributed by atoms with van der Waals surface area (Å²) in [6.07, 6.45) is 2.01. The average molecular weight is 288 g/mol.